The summed E-state index contributed by atoms with van der Waals surface area (Å²) in [6, 6.07) is 15.7. The highest BCUT2D eigenvalue weighted by molar-refractivity contribution is 5.48. The molecule has 1 N–H and O–H groups in total. The number of pyridine rings is 1. The highest BCUT2D eigenvalue weighted by Crippen LogP contribution is 2.34. The summed E-state index contributed by atoms with van der Waals surface area (Å²) in [6.07, 6.45) is 0. The number of nitrogens with zero attached hydrogens (tertiary/aromatic N) is 3. The number of hydrogen-bond donors (Lipinski definition) is 1. The maximum atomic E-state index is 14.3. The van der Waals surface area contributed by atoms with Crippen molar-refractivity contribution in [3.63, 3.8) is 0 Å². The fraction of sp³-hybridized carbons (Fsp3) is 0.370. The maximum absolute atomic E-state index is 14.3. The van der Waals surface area contributed by atoms with E-state index in [0.717, 1.165) is 17.0 Å². The summed E-state index contributed by atoms with van der Waals surface area (Å²) in [6.45, 7) is 9.24. The van der Waals surface area contributed by atoms with Gasteiger partial charge < -0.3 is 19.3 Å². The van der Waals surface area contributed by atoms with Crippen molar-refractivity contribution < 1.29 is 14.2 Å². The molecule has 34 heavy (non-hydrogen) atoms. The van der Waals surface area contributed by atoms with E-state index < -0.39 is 6.04 Å². The van der Waals surface area contributed by atoms with E-state index in [1.54, 1.807) is 22.8 Å². The lowest BCUT2D eigenvalue weighted by molar-refractivity contribution is 0.207. The van der Waals surface area contributed by atoms with Gasteiger partial charge in [0.25, 0.3) is 5.56 Å². The van der Waals surface area contributed by atoms with Gasteiger partial charge in [0.2, 0.25) is 0 Å². The normalized spacial score (nSPS) is 15.4. The number of halogens is 1. The third-order valence-electron chi connectivity index (χ3n) is 6.49. The van der Waals surface area contributed by atoms with Crippen LogP contribution in [0.25, 0.3) is 0 Å². The molecule has 0 spiro atoms. The van der Waals surface area contributed by atoms with E-state index >= 15 is 0 Å². The summed E-state index contributed by atoms with van der Waals surface area (Å²) in [5.41, 5.74) is 2.41. The largest absolute Gasteiger partial charge is 0.507 e. The van der Waals surface area contributed by atoms with Crippen LogP contribution in [0, 0.1) is 12.7 Å². The van der Waals surface area contributed by atoms with Crippen molar-refractivity contribution in [3.05, 3.63) is 87.6 Å². The molecule has 0 radical (unpaired) electrons. The second kappa shape index (κ2) is 10.3. The number of aryl methyl sites for hydroxylation is 1. The van der Waals surface area contributed by atoms with Gasteiger partial charge in [-0.15, -0.1) is 0 Å². The van der Waals surface area contributed by atoms with Gasteiger partial charge >= 0.3 is 0 Å². The number of aromatic hydroxyl groups is 1. The smallest absolute Gasteiger partial charge is 0.259 e. The summed E-state index contributed by atoms with van der Waals surface area (Å²) < 4.78 is 21.6. The number of para-hydroxylation sites is 1. The van der Waals surface area contributed by atoms with E-state index in [1.807, 2.05) is 56.0 Å². The highest BCUT2D eigenvalue weighted by Gasteiger charge is 2.32. The lowest BCUT2D eigenvalue weighted by Gasteiger charge is -2.40. The third-order valence-corrected chi connectivity index (χ3v) is 6.49. The first-order chi connectivity index (χ1) is 16.4. The molecule has 3 aromatic rings. The number of aromatic nitrogens is 1. The maximum Gasteiger partial charge on any atom is 0.259 e. The Bertz CT molecular complexity index is 1180. The lowest BCUT2D eigenvalue weighted by Crippen LogP contribution is -2.49. The Morgan fingerprint density at radius 3 is 2.32 bits per heavy atom. The third kappa shape index (κ3) is 4.66. The Kier molecular flexibility index (Phi) is 7.22. The summed E-state index contributed by atoms with van der Waals surface area (Å²) in [5.74, 6) is 0.525. The molecule has 1 aliphatic rings. The Morgan fingerprint density at radius 1 is 1.03 bits per heavy atom. The average molecular weight is 466 g/mol. The number of rotatable bonds is 7. The Hall–Kier alpha value is -3.32. The van der Waals surface area contributed by atoms with E-state index in [-0.39, 0.29) is 17.1 Å². The van der Waals surface area contributed by atoms with Crippen LogP contribution in [0.5, 0.6) is 11.5 Å². The zero-order valence-corrected chi connectivity index (χ0v) is 20.0. The molecule has 7 heteroatoms. The minimum atomic E-state index is -0.427. The molecule has 0 aliphatic carbocycles. The molecule has 0 bridgehead atoms. The Morgan fingerprint density at radius 2 is 1.71 bits per heavy atom. The molecule has 1 aromatic heterocycles. The Labute approximate surface area is 199 Å². The average Bonchev–Trinajstić information content (AvgIpc) is 2.83. The summed E-state index contributed by atoms with van der Waals surface area (Å²) in [5, 5.41) is 10.9. The summed E-state index contributed by atoms with van der Waals surface area (Å²) in [4.78, 5) is 17.7. The van der Waals surface area contributed by atoms with Crippen molar-refractivity contribution in [2.24, 2.45) is 0 Å². The van der Waals surface area contributed by atoms with Gasteiger partial charge in [0, 0.05) is 38.4 Å². The molecule has 2 heterocycles. The fourth-order valence-electron chi connectivity index (χ4n) is 4.82. The monoisotopic (exact) mass is 465 g/mol. The molecule has 6 nitrogen and oxygen atoms in total. The SMILES string of the molecule is CCOc1ccc(C(c2c(O)cc(C)n(CC)c2=O)N2CCN(c3ccccc3F)CC2)cc1. The second-order valence-electron chi connectivity index (χ2n) is 8.51. The molecule has 1 atom stereocenters. The predicted octanol–water partition coefficient (Wildman–Crippen LogP) is 4.33. The van der Waals surface area contributed by atoms with Crippen LogP contribution in [-0.4, -0.2) is 47.4 Å². The molecule has 180 valence electrons. The van der Waals surface area contributed by atoms with E-state index in [1.165, 1.54) is 6.07 Å². The molecule has 1 aliphatic heterocycles. The van der Waals surface area contributed by atoms with E-state index in [9.17, 15) is 14.3 Å². The van der Waals surface area contributed by atoms with Crippen LogP contribution in [-0.2, 0) is 6.54 Å². The van der Waals surface area contributed by atoms with Crippen molar-refractivity contribution in [1.29, 1.82) is 0 Å². The molecule has 2 aromatic carbocycles. The number of benzene rings is 2. The molecule has 4 rings (SSSR count). The first kappa shape index (κ1) is 23.8. The predicted molar refractivity (Wildman–Crippen MR) is 132 cm³/mol. The van der Waals surface area contributed by atoms with Crippen LogP contribution in [0.15, 0.2) is 59.4 Å². The molecule has 1 unspecified atom stereocenters. The van der Waals surface area contributed by atoms with Gasteiger partial charge in [-0.25, -0.2) is 4.39 Å². The quantitative estimate of drug-likeness (QED) is 0.563. The van der Waals surface area contributed by atoms with Gasteiger partial charge in [-0.1, -0.05) is 24.3 Å². The number of ether oxygens (including phenoxy) is 1. The van der Waals surface area contributed by atoms with Gasteiger partial charge in [0.15, 0.2) is 0 Å². The number of piperazine rings is 1. The van der Waals surface area contributed by atoms with Gasteiger partial charge in [-0.05, 0) is 56.7 Å². The van der Waals surface area contributed by atoms with Crippen molar-refractivity contribution in [3.8, 4) is 11.5 Å². The first-order valence-electron chi connectivity index (χ1n) is 11.8. The van der Waals surface area contributed by atoms with Crippen LogP contribution in [0.2, 0.25) is 0 Å². The molecule has 0 amide bonds. The Balaban J connectivity index is 1.71. The summed E-state index contributed by atoms with van der Waals surface area (Å²) >= 11 is 0. The van der Waals surface area contributed by atoms with Crippen LogP contribution in [0.4, 0.5) is 10.1 Å². The lowest BCUT2D eigenvalue weighted by atomic mass is 9.95. The zero-order chi connectivity index (χ0) is 24.2. The van der Waals surface area contributed by atoms with E-state index in [0.29, 0.717) is 50.6 Å². The molecular weight excluding hydrogens is 433 g/mol. The summed E-state index contributed by atoms with van der Waals surface area (Å²) in [7, 11) is 0. The van der Waals surface area contributed by atoms with Crippen molar-refractivity contribution in [1.82, 2.24) is 9.47 Å². The van der Waals surface area contributed by atoms with Crippen LogP contribution in [0.1, 0.15) is 36.7 Å². The van der Waals surface area contributed by atoms with Crippen molar-refractivity contribution in [2.75, 3.05) is 37.7 Å². The van der Waals surface area contributed by atoms with Gasteiger partial charge in [0.1, 0.15) is 17.3 Å². The second-order valence-corrected chi connectivity index (χ2v) is 8.51. The van der Waals surface area contributed by atoms with Crippen molar-refractivity contribution in [2.45, 2.75) is 33.4 Å². The number of anilines is 1. The van der Waals surface area contributed by atoms with E-state index in [2.05, 4.69) is 4.90 Å². The molecule has 1 saturated heterocycles. The van der Waals surface area contributed by atoms with Crippen molar-refractivity contribution >= 4 is 5.69 Å². The fourth-order valence-corrected chi connectivity index (χ4v) is 4.82. The van der Waals surface area contributed by atoms with Crippen LogP contribution >= 0.6 is 0 Å². The van der Waals surface area contributed by atoms with E-state index in [4.69, 9.17) is 4.74 Å². The minimum absolute atomic E-state index is 0.00242. The molecule has 0 saturated carbocycles. The van der Waals surface area contributed by atoms with Crippen LogP contribution < -0.4 is 15.2 Å². The van der Waals surface area contributed by atoms with Gasteiger partial charge in [-0.2, -0.15) is 0 Å². The van der Waals surface area contributed by atoms with Gasteiger partial charge in [-0.3, -0.25) is 9.69 Å². The molecule has 1 fully saturated rings. The zero-order valence-electron chi connectivity index (χ0n) is 20.0. The number of hydrogen-bond acceptors (Lipinski definition) is 5. The standard InChI is InChI=1S/C27H32FN3O3/c1-4-31-19(3)18-24(32)25(27(31)33)26(20-10-12-21(13-11-20)34-5-2)30-16-14-29(15-17-30)23-9-7-6-8-22(23)28/h6-13,18,26,32H,4-5,14-17H2,1-3H3. The van der Waals surface area contributed by atoms with Crippen LogP contribution in [0.3, 0.4) is 0 Å². The first-order valence-corrected chi connectivity index (χ1v) is 11.8. The minimum Gasteiger partial charge on any atom is -0.507 e. The molecular formula is C27H32FN3O3. The highest BCUT2D eigenvalue weighted by atomic mass is 19.1. The van der Waals surface area contributed by atoms with Gasteiger partial charge in [0.05, 0.1) is 23.9 Å². The topological polar surface area (TPSA) is 57.9 Å².